The first-order valence-corrected chi connectivity index (χ1v) is 8.18. The highest BCUT2D eigenvalue weighted by Gasteiger charge is 2.14. The molecule has 0 N–H and O–H groups in total. The number of aromatic nitrogens is 3. The van der Waals surface area contributed by atoms with Gasteiger partial charge >= 0.3 is 0 Å². The second kappa shape index (κ2) is 6.90. The van der Waals surface area contributed by atoms with E-state index in [2.05, 4.69) is 14.9 Å². The molecule has 0 saturated carbocycles. The fourth-order valence-electron chi connectivity index (χ4n) is 2.76. The summed E-state index contributed by atoms with van der Waals surface area (Å²) in [4.78, 5) is 23.3. The first-order valence-electron chi connectivity index (χ1n) is 8.18. The smallest absolute Gasteiger partial charge is 0.259 e. The van der Waals surface area contributed by atoms with E-state index in [0.717, 1.165) is 18.8 Å². The molecule has 1 aliphatic heterocycles. The molecule has 0 amide bonds. The van der Waals surface area contributed by atoms with Crippen molar-refractivity contribution in [1.82, 2.24) is 14.4 Å². The van der Waals surface area contributed by atoms with Crippen molar-refractivity contribution in [2.75, 3.05) is 31.2 Å². The third-order valence-corrected chi connectivity index (χ3v) is 4.07. The Morgan fingerprint density at radius 3 is 2.84 bits per heavy atom. The van der Waals surface area contributed by atoms with Gasteiger partial charge in [0, 0.05) is 37.6 Å². The lowest BCUT2D eigenvalue weighted by Gasteiger charge is -2.27. The Morgan fingerprint density at radius 1 is 1.16 bits per heavy atom. The molecule has 3 aromatic heterocycles. The van der Waals surface area contributed by atoms with Crippen molar-refractivity contribution in [3.05, 3.63) is 64.8 Å². The van der Waals surface area contributed by atoms with Gasteiger partial charge in [-0.15, -0.1) is 0 Å². The van der Waals surface area contributed by atoms with Gasteiger partial charge in [-0.1, -0.05) is 6.07 Å². The van der Waals surface area contributed by atoms with Crippen LogP contribution >= 0.6 is 0 Å². The predicted octanol–water partition coefficient (Wildman–Crippen LogP) is 1.51. The van der Waals surface area contributed by atoms with Gasteiger partial charge in [-0.3, -0.25) is 14.2 Å². The molecule has 0 atom stereocenters. The molecule has 0 aliphatic carbocycles. The molecular formula is C18H18N4O3. The Labute approximate surface area is 144 Å². The molecule has 128 valence electrons. The lowest BCUT2D eigenvalue weighted by Crippen LogP contribution is -2.37. The lowest BCUT2D eigenvalue weighted by atomic mass is 10.3. The molecule has 3 aromatic rings. The van der Waals surface area contributed by atoms with Gasteiger partial charge in [-0.25, -0.2) is 4.98 Å². The van der Waals surface area contributed by atoms with E-state index in [1.54, 1.807) is 30.6 Å². The maximum atomic E-state index is 12.3. The third kappa shape index (κ3) is 3.46. The van der Waals surface area contributed by atoms with E-state index in [-0.39, 0.29) is 5.56 Å². The van der Waals surface area contributed by atoms with Gasteiger partial charge in [0.1, 0.15) is 23.8 Å². The van der Waals surface area contributed by atoms with Crippen LogP contribution in [0.15, 0.2) is 53.6 Å². The maximum Gasteiger partial charge on any atom is 0.259 e. The zero-order chi connectivity index (χ0) is 17.1. The van der Waals surface area contributed by atoms with Crippen LogP contribution in [0, 0.1) is 0 Å². The molecule has 25 heavy (non-hydrogen) atoms. The van der Waals surface area contributed by atoms with Gasteiger partial charge in [0.15, 0.2) is 0 Å². The minimum atomic E-state index is -0.109. The molecule has 0 bridgehead atoms. The fourth-order valence-corrected chi connectivity index (χ4v) is 2.76. The zero-order valence-electron chi connectivity index (χ0n) is 13.7. The van der Waals surface area contributed by atoms with E-state index in [9.17, 15) is 4.79 Å². The molecule has 4 heterocycles. The van der Waals surface area contributed by atoms with E-state index < -0.39 is 0 Å². The van der Waals surface area contributed by atoms with Crippen LogP contribution in [0.4, 0.5) is 5.82 Å². The highest BCUT2D eigenvalue weighted by molar-refractivity contribution is 5.51. The van der Waals surface area contributed by atoms with Gasteiger partial charge in [-0.2, -0.15) is 0 Å². The van der Waals surface area contributed by atoms with Crippen molar-refractivity contribution in [2.24, 2.45) is 0 Å². The van der Waals surface area contributed by atoms with Crippen LogP contribution < -0.4 is 15.2 Å². The van der Waals surface area contributed by atoms with Crippen LogP contribution in [-0.4, -0.2) is 40.7 Å². The SMILES string of the molecule is O=c1cc(N2CCOCC2)nc2cc(OCc3ccccn3)ccn12. The van der Waals surface area contributed by atoms with Crippen molar-refractivity contribution in [3.63, 3.8) is 0 Å². The number of nitrogens with zero attached hydrogens (tertiary/aromatic N) is 4. The van der Waals surface area contributed by atoms with Crippen LogP contribution in [-0.2, 0) is 11.3 Å². The van der Waals surface area contributed by atoms with E-state index in [4.69, 9.17) is 9.47 Å². The average Bonchev–Trinajstić information content (AvgIpc) is 2.67. The summed E-state index contributed by atoms with van der Waals surface area (Å²) in [5.74, 6) is 1.33. The van der Waals surface area contributed by atoms with Crippen LogP contribution in [0.2, 0.25) is 0 Å². The van der Waals surface area contributed by atoms with Crippen molar-refractivity contribution in [2.45, 2.75) is 6.61 Å². The Bertz CT molecular complexity index is 921. The topological polar surface area (TPSA) is 69.0 Å². The van der Waals surface area contributed by atoms with Gasteiger partial charge < -0.3 is 14.4 Å². The third-order valence-electron chi connectivity index (χ3n) is 4.07. The average molecular weight is 338 g/mol. The highest BCUT2D eigenvalue weighted by Crippen LogP contribution is 2.17. The summed E-state index contributed by atoms with van der Waals surface area (Å²) in [6.45, 7) is 3.13. The molecule has 7 nitrogen and oxygen atoms in total. The summed E-state index contributed by atoms with van der Waals surface area (Å²) >= 11 is 0. The van der Waals surface area contributed by atoms with Gasteiger partial charge in [0.2, 0.25) is 0 Å². The van der Waals surface area contributed by atoms with Gasteiger partial charge in [0.25, 0.3) is 5.56 Å². The zero-order valence-corrected chi connectivity index (χ0v) is 13.7. The molecule has 7 heteroatoms. The van der Waals surface area contributed by atoms with Crippen molar-refractivity contribution < 1.29 is 9.47 Å². The molecule has 1 aliphatic rings. The number of fused-ring (bicyclic) bond motifs is 1. The van der Waals surface area contributed by atoms with Crippen LogP contribution in [0.1, 0.15) is 5.69 Å². The summed E-state index contributed by atoms with van der Waals surface area (Å²) < 4.78 is 12.6. The van der Waals surface area contributed by atoms with Gasteiger partial charge in [-0.05, 0) is 18.2 Å². The number of hydrogen-bond acceptors (Lipinski definition) is 6. The quantitative estimate of drug-likeness (QED) is 0.718. The number of morpholine rings is 1. The molecule has 0 aromatic carbocycles. The largest absolute Gasteiger partial charge is 0.487 e. The minimum absolute atomic E-state index is 0.109. The van der Waals surface area contributed by atoms with E-state index >= 15 is 0 Å². The van der Waals surface area contributed by atoms with E-state index in [1.165, 1.54) is 4.40 Å². The fraction of sp³-hybridized carbons (Fsp3) is 0.278. The standard InChI is InChI=1S/C18H18N4O3/c23-18-12-16(21-7-9-24-10-8-21)20-17-11-15(4-6-22(17)18)25-13-14-3-1-2-5-19-14/h1-6,11-12H,7-10,13H2. The lowest BCUT2D eigenvalue weighted by molar-refractivity contribution is 0.122. The van der Waals surface area contributed by atoms with E-state index in [0.29, 0.717) is 37.0 Å². The summed E-state index contributed by atoms with van der Waals surface area (Å²) in [7, 11) is 0. The molecule has 4 rings (SSSR count). The Hall–Kier alpha value is -2.93. The molecular weight excluding hydrogens is 320 g/mol. The molecule has 1 saturated heterocycles. The predicted molar refractivity (Wildman–Crippen MR) is 93.1 cm³/mol. The van der Waals surface area contributed by atoms with Crippen LogP contribution in [0.25, 0.3) is 5.65 Å². The maximum absolute atomic E-state index is 12.3. The number of hydrogen-bond donors (Lipinski definition) is 0. The Kier molecular flexibility index (Phi) is 4.30. The normalized spacial score (nSPS) is 14.6. The number of pyridine rings is 2. The number of anilines is 1. The monoisotopic (exact) mass is 338 g/mol. The second-order valence-corrected chi connectivity index (χ2v) is 5.75. The van der Waals surface area contributed by atoms with Gasteiger partial charge in [0.05, 0.1) is 18.9 Å². The molecule has 0 spiro atoms. The second-order valence-electron chi connectivity index (χ2n) is 5.75. The summed E-state index contributed by atoms with van der Waals surface area (Å²) in [5.41, 5.74) is 1.30. The number of rotatable bonds is 4. The van der Waals surface area contributed by atoms with Crippen LogP contribution in [0.5, 0.6) is 5.75 Å². The van der Waals surface area contributed by atoms with Crippen molar-refractivity contribution in [3.8, 4) is 5.75 Å². The first-order chi connectivity index (χ1) is 12.3. The number of ether oxygens (including phenoxy) is 2. The summed E-state index contributed by atoms with van der Waals surface area (Å²) in [6, 6.07) is 10.8. The molecule has 0 unspecified atom stereocenters. The minimum Gasteiger partial charge on any atom is -0.487 e. The first kappa shape index (κ1) is 15.6. The Morgan fingerprint density at radius 2 is 2.04 bits per heavy atom. The summed E-state index contributed by atoms with van der Waals surface area (Å²) in [5, 5.41) is 0. The highest BCUT2D eigenvalue weighted by atomic mass is 16.5. The summed E-state index contributed by atoms with van der Waals surface area (Å²) in [6.07, 6.45) is 3.41. The van der Waals surface area contributed by atoms with Crippen molar-refractivity contribution in [1.29, 1.82) is 0 Å². The Balaban J connectivity index is 1.60. The molecule has 1 fully saturated rings. The van der Waals surface area contributed by atoms with Crippen LogP contribution in [0.3, 0.4) is 0 Å². The van der Waals surface area contributed by atoms with Crippen molar-refractivity contribution >= 4 is 11.5 Å². The molecule has 0 radical (unpaired) electrons. The van der Waals surface area contributed by atoms with E-state index in [1.807, 2.05) is 18.2 Å².